The van der Waals surface area contributed by atoms with Crippen molar-refractivity contribution in [2.75, 3.05) is 13.1 Å². The molecule has 3 rings (SSSR count). The first-order valence-electron chi connectivity index (χ1n) is 7.82. The highest BCUT2D eigenvalue weighted by molar-refractivity contribution is 5.96. The second-order valence-corrected chi connectivity index (χ2v) is 6.31. The number of rotatable bonds is 2. The molecule has 1 amide bonds. The summed E-state index contributed by atoms with van der Waals surface area (Å²) in [7, 11) is 0. The Labute approximate surface area is 121 Å². The number of hydrogen-bond acceptors (Lipinski definition) is 2. The lowest BCUT2D eigenvalue weighted by Crippen LogP contribution is -2.49. The molecule has 108 valence electrons. The zero-order valence-corrected chi connectivity index (χ0v) is 12.3. The third kappa shape index (κ3) is 2.35. The van der Waals surface area contributed by atoms with E-state index in [2.05, 4.69) is 13.0 Å². The summed E-state index contributed by atoms with van der Waals surface area (Å²) in [6.07, 6.45) is 5.48. The van der Waals surface area contributed by atoms with Gasteiger partial charge in [-0.3, -0.25) is 4.79 Å². The van der Waals surface area contributed by atoms with Gasteiger partial charge in [0.15, 0.2) is 0 Å². The Kier molecular flexibility index (Phi) is 3.79. The zero-order chi connectivity index (χ0) is 14.1. The van der Waals surface area contributed by atoms with E-state index in [1.165, 1.54) is 17.5 Å². The number of fused-ring (bicyclic) bond motifs is 1. The van der Waals surface area contributed by atoms with Gasteiger partial charge in [0.2, 0.25) is 0 Å². The second kappa shape index (κ2) is 5.57. The van der Waals surface area contributed by atoms with Crippen molar-refractivity contribution in [3.05, 3.63) is 34.9 Å². The molecule has 1 aromatic carbocycles. The number of hydrogen-bond donors (Lipinski definition) is 1. The summed E-state index contributed by atoms with van der Waals surface area (Å²) in [4.78, 5) is 14.9. The fourth-order valence-corrected chi connectivity index (χ4v) is 3.72. The van der Waals surface area contributed by atoms with Gasteiger partial charge in [-0.1, -0.05) is 19.1 Å². The molecular weight excluding hydrogens is 248 g/mol. The fourth-order valence-electron chi connectivity index (χ4n) is 3.72. The molecule has 20 heavy (non-hydrogen) atoms. The number of aryl methyl sites for hydroxylation is 1. The number of carbonyl (C=O) groups excluding carboxylic acids is 1. The monoisotopic (exact) mass is 272 g/mol. The Morgan fingerprint density at radius 1 is 1.40 bits per heavy atom. The molecule has 1 heterocycles. The molecule has 0 spiro atoms. The van der Waals surface area contributed by atoms with Crippen LogP contribution in [0.5, 0.6) is 0 Å². The highest BCUT2D eigenvalue weighted by atomic mass is 16.2. The predicted molar refractivity (Wildman–Crippen MR) is 80.7 cm³/mol. The zero-order valence-electron chi connectivity index (χ0n) is 12.3. The second-order valence-electron chi connectivity index (χ2n) is 6.31. The van der Waals surface area contributed by atoms with Crippen LogP contribution >= 0.6 is 0 Å². The van der Waals surface area contributed by atoms with Crippen LogP contribution in [0.1, 0.15) is 47.7 Å². The van der Waals surface area contributed by atoms with E-state index in [-0.39, 0.29) is 11.9 Å². The number of likely N-dealkylation sites (tertiary alicyclic amines) is 1. The number of nitrogens with two attached hydrogens (primary N) is 1. The van der Waals surface area contributed by atoms with Crippen LogP contribution in [0.15, 0.2) is 18.2 Å². The Bertz CT molecular complexity index is 512. The summed E-state index contributed by atoms with van der Waals surface area (Å²) >= 11 is 0. The maximum absolute atomic E-state index is 12.9. The summed E-state index contributed by atoms with van der Waals surface area (Å²) in [6.45, 7) is 3.68. The summed E-state index contributed by atoms with van der Waals surface area (Å²) in [5.41, 5.74) is 9.47. The van der Waals surface area contributed by atoms with Crippen molar-refractivity contribution in [3.63, 3.8) is 0 Å². The third-order valence-electron chi connectivity index (χ3n) is 4.89. The minimum Gasteiger partial charge on any atom is -0.334 e. The van der Waals surface area contributed by atoms with E-state index in [0.717, 1.165) is 37.8 Å². The molecule has 0 bridgehead atoms. The molecular formula is C17H24N2O. The van der Waals surface area contributed by atoms with Crippen molar-refractivity contribution in [2.45, 2.75) is 45.1 Å². The molecule has 0 aromatic heterocycles. The van der Waals surface area contributed by atoms with Gasteiger partial charge in [-0.05, 0) is 55.2 Å². The normalized spacial score (nSPS) is 25.6. The summed E-state index contributed by atoms with van der Waals surface area (Å²) in [6, 6.07) is 6.40. The van der Waals surface area contributed by atoms with Crippen LogP contribution in [0.3, 0.4) is 0 Å². The van der Waals surface area contributed by atoms with E-state index < -0.39 is 0 Å². The van der Waals surface area contributed by atoms with Gasteiger partial charge in [0.1, 0.15) is 0 Å². The van der Waals surface area contributed by atoms with Gasteiger partial charge in [-0.15, -0.1) is 0 Å². The standard InChI is InChI=1S/C17H24N2O/c1-12-8-9-19(14(10-12)11-18)17(20)16-7-3-5-13-4-2-6-15(13)16/h3,5,7,12,14H,2,4,6,8-11,18H2,1H3. The summed E-state index contributed by atoms with van der Waals surface area (Å²) in [5, 5.41) is 0. The van der Waals surface area contributed by atoms with Crippen molar-refractivity contribution in [2.24, 2.45) is 11.7 Å². The van der Waals surface area contributed by atoms with Gasteiger partial charge < -0.3 is 10.6 Å². The number of nitrogens with zero attached hydrogens (tertiary/aromatic N) is 1. The van der Waals surface area contributed by atoms with Crippen LogP contribution in [-0.2, 0) is 12.8 Å². The van der Waals surface area contributed by atoms with E-state index in [4.69, 9.17) is 5.73 Å². The van der Waals surface area contributed by atoms with Crippen molar-refractivity contribution < 1.29 is 4.79 Å². The molecule has 1 fully saturated rings. The lowest BCUT2D eigenvalue weighted by Gasteiger charge is -2.38. The molecule has 2 N–H and O–H groups in total. The van der Waals surface area contributed by atoms with Gasteiger partial charge in [-0.2, -0.15) is 0 Å². The van der Waals surface area contributed by atoms with E-state index in [0.29, 0.717) is 12.5 Å². The van der Waals surface area contributed by atoms with Crippen molar-refractivity contribution in [1.29, 1.82) is 0 Å². The number of benzene rings is 1. The first-order valence-corrected chi connectivity index (χ1v) is 7.82. The predicted octanol–water partition coefficient (Wildman–Crippen LogP) is 2.37. The molecule has 2 unspecified atom stereocenters. The highest BCUT2D eigenvalue weighted by Gasteiger charge is 2.31. The van der Waals surface area contributed by atoms with Gasteiger partial charge in [0, 0.05) is 24.7 Å². The van der Waals surface area contributed by atoms with Gasteiger partial charge in [-0.25, -0.2) is 0 Å². The molecule has 0 radical (unpaired) electrons. The SMILES string of the molecule is CC1CCN(C(=O)c2cccc3c2CCC3)C(CN)C1. The first-order chi connectivity index (χ1) is 9.70. The molecule has 1 aliphatic carbocycles. The van der Waals surface area contributed by atoms with Crippen LogP contribution in [0, 0.1) is 5.92 Å². The maximum Gasteiger partial charge on any atom is 0.254 e. The molecule has 0 saturated carbocycles. The van der Waals surface area contributed by atoms with E-state index in [1.54, 1.807) is 0 Å². The molecule has 3 heteroatoms. The van der Waals surface area contributed by atoms with Crippen molar-refractivity contribution in [3.8, 4) is 0 Å². The number of piperidine rings is 1. The topological polar surface area (TPSA) is 46.3 Å². The fraction of sp³-hybridized carbons (Fsp3) is 0.588. The highest BCUT2D eigenvalue weighted by Crippen LogP contribution is 2.29. The third-order valence-corrected chi connectivity index (χ3v) is 4.89. The summed E-state index contributed by atoms with van der Waals surface area (Å²) in [5.74, 6) is 0.875. The van der Waals surface area contributed by atoms with Crippen molar-refractivity contribution >= 4 is 5.91 Å². The maximum atomic E-state index is 12.9. The van der Waals surface area contributed by atoms with Gasteiger partial charge in [0.05, 0.1) is 0 Å². The van der Waals surface area contributed by atoms with Crippen LogP contribution in [0.4, 0.5) is 0 Å². The molecule has 1 aromatic rings. The average molecular weight is 272 g/mol. The average Bonchev–Trinajstić information content (AvgIpc) is 2.94. The van der Waals surface area contributed by atoms with E-state index in [1.807, 2.05) is 17.0 Å². The minimum absolute atomic E-state index is 0.200. The molecule has 1 aliphatic heterocycles. The Morgan fingerprint density at radius 3 is 3.05 bits per heavy atom. The number of amides is 1. The lowest BCUT2D eigenvalue weighted by molar-refractivity contribution is 0.0572. The number of carbonyl (C=O) groups is 1. The van der Waals surface area contributed by atoms with Crippen LogP contribution in [0.25, 0.3) is 0 Å². The molecule has 1 saturated heterocycles. The van der Waals surface area contributed by atoms with Crippen molar-refractivity contribution in [1.82, 2.24) is 4.90 Å². The van der Waals surface area contributed by atoms with Crippen LogP contribution in [-0.4, -0.2) is 29.9 Å². The smallest absolute Gasteiger partial charge is 0.254 e. The minimum atomic E-state index is 0.200. The Balaban J connectivity index is 1.87. The quantitative estimate of drug-likeness (QED) is 0.898. The molecule has 3 nitrogen and oxygen atoms in total. The van der Waals surface area contributed by atoms with E-state index in [9.17, 15) is 4.79 Å². The Hall–Kier alpha value is -1.35. The molecule has 2 atom stereocenters. The Morgan fingerprint density at radius 2 is 2.25 bits per heavy atom. The largest absolute Gasteiger partial charge is 0.334 e. The lowest BCUT2D eigenvalue weighted by atomic mass is 9.91. The molecule has 2 aliphatic rings. The first kappa shape index (κ1) is 13.6. The van der Waals surface area contributed by atoms with Gasteiger partial charge >= 0.3 is 0 Å². The van der Waals surface area contributed by atoms with Crippen LogP contribution < -0.4 is 5.73 Å². The summed E-state index contributed by atoms with van der Waals surface area (Å²) < 4.78 is 0. The van der Waals surface area contributed by atoms with Crippen LogP contribution in [0.2, 0.25) is 0 Å². The van der Waals surface area contributed by atoms with E-state index >= 15 is 0 Å². The van der Waals surface area contributed by atoms with Gasteiger partial charge in [0.25, 0.3) is 5.91 Å².